The summed E-state index contributed by atoms with van der Waals surface area (Å²) in [5, 5.41) is 0.138. The number of piperidine rings is 1. The van der Waals surface area contributed by atoms with Crippen molar-refractivity contribution in [2.24, 2.45) is 13.0 Å². The molecule has 0 amide bonds. The van der Waals surface area contributed by atoms with Gasteiger partial charge in [0, 0.05) is 51.2 Å². The molecule has 0 aliphatic carbocycles. The fourth-order valence-corrected chi connectivity index (χ4v) is 5.05. The van der Waals surface area contributed by atoms with Gasteiger partial charge in [-0.05, 0) is 32.1 Å². The maximum Gasteiger partial charge on any atom is 0.262 e. The van der Waals surface area contributed by atoms with Gasteiger partial charge in [0.25, 0.3) is 10.0 Å². The van der Waals surface area contributed by atoms with Crippen LogP contribution in [0.3, 0.4) is 0 Å². The normalized spacial score (nSPS) is 19.4. The molecule has 0 radical (unpaired) electrons. The summed E-state index contributed by atoms with van der Waals surface area (Å²) in [4.78, 5) is 8.59. The molecule has 2 aromatic rings. The largest absolute Gasteiger partial charge is 0.339 e. The Hall–Kier alpha value is -1.67. The molecule has 0 N–H and O–H groups in total. The minimum Gasteiger partial charge on any atom is -0.339 e. The highest BCUT2D eigenvalue weighted by atomic mass is 32.2. The predicted octanol–water partition coefficient (Wildman–Crippen LogP) is 1.98. The zero-order chi connectivity index (χ0) is 18.0. The van der Waals surface area contributed by atoms with Crippen LogP contribution in [-0.4, -0.2) is 44.9 Å². The maximum atomic E-state index is 12.8. The highest BCUT2D eigenvalue weighted by Crippen LogP contribution is 2.25. The third kappa shape index (κ3) is 3.79. The van der Waals surface area contributed by atoms with Crippen molar-refractivity contribution in [1.82, 2.24) is 23.4 Å². The molecule has 1 fully saturated rings. The third-order valence-corrected chi connectivity index (χ3v) is 6.57. The van der Waals surface area contributed by atoms with Crippen molar-refractivity contribution in [3.05, 3.63) is 30.2 Å². The summed E-state index contributed by atoms with van der Waals surface area (Å²) < 4.78 is 31.1. The molecule has 1 saturated heterocycles. The van der Waals surface area contributed by atoms with Crippen LogP contribution in [0, 0.1) is 12.8 Å². The Kier molecular flexibility index (Phi) is 5.29. The number of hydrogen-bond acceptors (Lipinski definition) is 4. The van der Waals surface area contributed by atoms with Gasteiger partial charge in [0.05, 0.1) is 6.33 Å². The second-order valence-corrected chi connectivity index (χ2v) is 8.81. The van der Waals surface area contributed by atoms with Crippen molar-refractivity contribution in [3.63, 3.8) is 0 Å². The lowest BCUT2D eigenvalue weighted by Crippen LogP contribution is -2.40. The molecule has 1 unspecified atom stereocenters. The van der Waals surface area contributed by atoms with Gasteiger partial charge in [0.2, 0.25) is 0 Å². The zero-order valence-electron chi connectivity index (χ0n) is 15.2. The average molecular weight is 366 g/mol. The fourth-order valence-electron chi connectivity index (χ4n) is 3.53. The van der Waals surface area contributed by atoms with E-state index < -0.39 is 10.0 Å². The van der Waals surface area contributed by atoms with Crippen LogP contribution >= 0.6 is 0 Å². The summed E-state index contributed by atoms with van der Waals surface area (Å²) in [6.45, 7) is 6.30. The van der Waals surface area contributed by atoms with E-state index in [1.807, 2.05) is 6.20 Å². The molecule has 0 aromatic carbocycles. The molecular formula is C17H27N5O2S. The van der Waals surface area contributed by atoms with E-state index in [4.69, 9.17) is 0 Å². The van der Waals surface area contributed by atoms with Gasteiger partial charge < -0.3 is 9.13 Å². The van der Waals surface area contributed by atoms with E-state index in [9.17, 15) is 8.42 Å². The summed E-state index contributed by atoms with van der Waals surface area (Å²) >= 11 is 0. The van der Waals surface area contributed by atoms with Crippen molar-refractivity contribution < 1.29 is 8.42 Å². The highest BCUT2D eigenvalue weighted by molar-refractivity contribution is 7.89. The lowest BCUT2D eigenvalue weighted by Gasteiger charge is -2.31. The summed E-state index contributed by atoms with van der Waals surface area (Å²) in [6, 6.07) is 0. The van der Waals surface area contributed by atoms with E-state index in [0.29, 0.717) is 19.0 Å². The molecule has 138 valence electrons. The monoisotopic (exact) mass is 365 g/mol. The van der Waals surface area contributed by atoms with Gasteiger partial charge in [-0.1, -0.05) is 6.92 Å². The van der Waals surface area contributed by atoms with Gasteiger partial charge in [-0.2, -0.15) is 4.31 Å². The highest BCUT2D eigenvalue weighted by Gasteiger charge is 2.32. The molecule has 3 rings (SSSR count). The minimum absolute atomic E-state index is 0.138. The summed E-state index contributed by atoms with van der Waals surface area (Å²) in [6.07, 6.45) is 8.80. The molecule has 2 aromatic heterocycles. The molecule has 1 aliphatic heterocycles. The Morgan fingerprint density at radius 2 is 2.12 bits per heavy atom. The lowest BCUT2D eigenvalue weighted by molar-refractivity contribution is 0.260. The molecule has 1 aliphatic rings. The fraction of sp³-hybridized carbons (Fsp3) is 0.647. The SMILES string of the molecule is CCCn1c(C)cnc1CC1CCCN(S(=O)(=O)c2cn(C)cn2)C1. The summed E-state index contributed by atoms with van der Waals surface area (Å²) in [7, 11) is -1.73. The van der Waals surface area contributed by atoms with E-state index in [1.54, 1.807) is 22.1 Å². The Balaban J connectivity index is 1.73. The first-order valence-electron chi connectivity index (χ1n) is 8.91. The van der Waals surface area contributed by atoms with Crippen molar-refractivity contribution >= 4 is 10.0 Å². The minimum atomic E-state index is -3.51. The molecule has 0 bridgehead atoms. The van der Waals surface area contributed by atoms with E-state index >= 15 is 0 Å². The maximum absolute atomic E-state index is 12.8. The Morgan fingerprint density at radius 3 is 2.80 bits per heavy atom. The quantitative estimate of drug-likeness (QED) is 0.785. The molecule has 0 saturated carbocycles. The molecular weight excluding hydrogens is 338 g/mol. The van der Waals surface area contributed by atoms with E-state index in [-0.39, 0.29) is 5.03 Å². The number of sulfonamides is 1. The number of nitrogens with zero attached hydrogens (tertiary/aromatic N) is 5. The van der Waals surface area contributed by atoms with Gasteiger partial charge in [0.1, 0.15) is 5.82 Å². The Labute approximate surface area is 149 Å². The van der Waals surface area contributed by atoms with Crippen molar-refractivity contribution in [2.75, 3.05) is 13.1 Å². The number of aromatic nitrogens is 4. The van der Waals surface area contributed by atoms with Crippen LogP contribution in [0.5, 0.6) is 0 Å². The number of aryl methyl sites for hydroxylation is 2. The Bertz CT molecular complexity index is 824. The third-order valence-electron chi connectivity index (χ3n) is 4.82. The smallest absolute Gasteiger partial charge is 0.262 e. The van der Waals surface area contributed by atoms with Crippen LogP contribution < -0.4 is 0 Å². The van der Waals surface area contributed by atoms with Gasteiger partial charge in [0.15, 0.2) is 5.03 Å². The second-order valence-electron chi connectivity index (χ2n) is 6.92. The molecule has 8 heteroatoms. The van der Waals surface area contributed by atoms with Gasteiger partial charge in [-0.25, -0.2) is 18.4 Å². The number of hydrogen-bond donors (Lipinski definition) is 0. The summed E-state index contributed by atoms with van der Waals surface area (Å²) in [5.41, 5.74) is 1.17. The molecule has 0 spiro atoms. The number of imidazole rings is 2. The predicted molar refractivity (Wildman–Crippen MR) is 95.6 cm³/mol. The second kappa shape index (κ2) is 7.29. The first kappa shape index (κ1) is 18.1. The van der Waals surface area contributed by atoms with Crippen molar-refractivity contribution in [1.29, 1.82) is 0 Å². The van der Waals surface area contributed by atoms with Crippen molar-refractivity contribution in [2.45, 2.75) is 51.1 Å². The number of rotatable bonds is 6. The zero-order valence-corrected chi connectivity index (χ0v) is 16.0. The van der Waals surface area contributed by atoms with Crippen LogP contribution in [0.4, 0.5) is 0 Å². The Morgan fingerprint density at radius 1 is 1.32 bits per heavy atom. The van der Waals surface area contributed by atoms with Crippen LogP contribution in [-0.2, 0) is 30.0 Å². The summed E-state index contributed by atoms with van der Waals surface area (Å²) in [5.74, 6) is 1.37. The van der Waals surface area contributed by atoms with Gasteiger partial charge in [-0.3, -0.25) is 0 Å². The molecule has 1 atom stereocenters. The van der Waals surface area contributed by atoms with Crippen LogP contribution in [0.25, 0.3) is 0 Å². The van der Waals surface area contributed by atoms with Crippen LogP contribution in [0.15, 0.2) is 23.7 Å². The standard InChI is InChI=1S/C17H27N5O2S/c1-4-7-22-14(2)10-18-16(22)9-15-6-5-8-21(11-15)25(23,24)17-12-20(3)13-19-17/h10,12-13,15H,4-9,11H2,1-3H3. The van der Waals surface area contributed by atoms with E-state index in [0.717, 1.165) is 38.1 Å². The van der Waals surface area contributed by atoms with Crippen LogP contribution in [0.1, 0.15) is 37.7 Å². The molecule has 3 heterocycles. The van der Waals surface area contributed by atoms with E-state index in [1.165, 1.54) is 12.0 Å². The first-order valence-corrected chi connectivity index (χ1v) is 10.3. The molecule has 7 nitrogen and oxygen atoms in total. The van der Waals surface area contributed by atoms with E-state index in [2.05, 4.69) is 28.4 Å². The van der Waals surface area contributed by atoms with Gasteiger partial charge >= 0.3 is 0 Å². The molecule has 25 heavy (non-hydrogen) atoms. The topological polar surface area (TPSA) is 73.0 Å². The first-order chi connectivity index (χ1) is 11.9. The van der Waals surface area contributed by atoms with Gasteiger partial charge in [-0.15, -0.1) is 0 Å². The lowest BCUT2D eigenvalue weighted by atomic mass is 9.96. The average Bonchev–Trinajstić information content (AvgIpc) is 3.17. The van der Waals surface area contributed by atoms with Crippen LogP contribution in [0.2, 0.25) is 0 Å². The van der Waals surface area contributed by atoms with Crippen molar-refractivity contribution in [3.8, 4) is 0 Å².